The van der Waals surface area contributed by atoms with E-state index < -0.39 is 0 Å². The third kappa shape index (κ3) is 3.01. The zero-order chi connectivity index (χ0) is 11.3. The molecule has 0 radical (unpaired) electrons. The molecule has 4 heteroatoms. The maximum atomic E-state index is 5.37. The van der Waals surface area contributed by atoms with Crippen molar-refractivity contribution in [3.05, 3.63) is 10.6 Å². The van der Waals surface area contributed by atoms with Crippen LogP contribution in [-0.4, -0.2) is 16.1 Å². The number of hydrogen-bond donors (Lipinski definition) is 1. The Morgan fingerprint density at radius 2 is 2.27 bits per heavy atom. The summed E-state index contributed by atoms with van der Waals surface area (Å²) in [6, 6.07) is 0.206. The number of hydrogen-bond acceptors (Lipinski definition) is 4. The van der Waals surface area contributed by atoms with Gasteiger partial charge in [-0.05, 0) is 24.0 Å². The van der Waals surface area contributed by atoms with Crippen molar-refractivity contribution in [3.8, 4) is 12.3 Å². The fourth-order valence-electron chi connectivity index (χ4n) is 1.47. The average Bonchev–Trinajstić information content (AvgIpc) is 2.65. The first-order valence-electron chi connectivity index (χ1n) is 5.19. The minimum atomic E-state index is 0.206. The Morgan fingerprint density at radius 1 is 1.53 bits per heavy atom. The monoisotopic (exact) mass is 223 g/mol. The van der Waals surface area contributed by atoms with Gasteiger partial charge in [-0.2, -0.15) is 0 Å². The molecule has 0 spiro atoms. The van der Waals surface area contributed by atoms with Crippen LogP contribution in [0.15, 0.2) is 0 Å². The first kappa shape index (κ1) is 12.2. The molecule has 1 atom stereocenters. The Balaban J connectivity index is 2.90. The molecule has 0 bridgehead atoms. The van der Waals surface area contributed by atoms with Gasteiger partial charge < -0.3 is 5.32 Å². The summed E-state index contributed by atoms with van der Waals surface area (Å²) in [5, 5.41) is 7.53. The molecule has 0 aliphatic heterocycles. The molecule has 82 valence electrons. The highest BCUT2D eigenvalue weighted by Gasteiger charge is 2.19. The molecule has 0 aromatic carbocycles. The third-order valence-electron chi connectivity index (χ3n) is 2.18. The fraction of sp³-hybridized carbons (Fsp3) is 0.636. The normalized spacial score (nSPS) is 12.7. The molecule has 3 nitrogen and oxygen atoms in total. The lowest BCUT2D eigenvalue weighted by atomic mass is 10.0. The summed E-state index contributed by atoms with van der Waals surface area (Å²) >= 11 is 1.45. The molecular weight excluding hydrogens is 206 g/mol. The third-order valence-corrected chi connectivity index (χ3v) is 3.03. The highest BCUT2D eigenvalue weighted by Crippen LogP contribution is 2.27. The van der Waals surface area contributed by atoms with Gasteiger partial charge in [-0.15, -0.1) is 17.4 Å². The second kappa shape index (κ2) is 5.84. The van der Waals surface area contributed by atoms with Crippen LogP contribution in [0, 0.1) is 12.3 Å². The van der Waals surface area contributed by atoms with Gasteiger partial charge in [0.1, 0.15) is 0 Å². The number of rotatable bonds is 5. The number of nitrogens with one attached hydrogen (secondary N) is 1. The average molecular weight is 223 g/mol. The van der Waals surface area contributed by atoms with E-state index in [2.05, 4.69) is 41.6 Å². The molecular formula is C11H17N3S. The Kier molecular flexibility index (Phi) is 4.73. The van der Waals surface area contributed by atoms with Crippen molar-refractivity contribution in [2.24, 2.45) is 0 Å². The molecule has 0 aliphatic rings. The summed E-state index contributed by atoms with van der Waals surface area (Å²) < 4.78 is 4.01. The van der Waals surface area contributed by atoms with Gasteiger partial charge in [0, 0.05) is 6.42 Å². The van der Waals surface area contributed by atoms with Gasteiger partial charge >= 0.3 is 0 Å². The number of terminal acetylenes is 1. The van der Waals surface area contributed by atoms with Crippen LogP contribution < -0.4 is 5.32 Å². The predicted molar refractivity (Wildman–Crippen MR) is 63.9 cm³/mol. The summed E-state index contributed by atoms with van der Waals surface area (Å²) in [6.07, 6.45) is 6.06. The van der Waals surface area contributed by atoms with E-state index in [-0.39, 0.29) is 6.04 Å². The molecule has 0 saturated carbocycles. The Hall–Kier alpha value is -0.920. The van der Waals surface area contributed by atoms with Crippen LogP contribution in [0.5, 0.6) is 0 Å². The Labute approximate surface area is 95.5 Å². The van der Waals surface area contributed by atoms with Crippen molar-refractivity contribution in [1.29, 1.82) is 0 Å². The zero-order valence-electron chi connectivity index (χ0n) is 9.45. The van der Waals surface area contributed by atoms with E-state index in [1.807, 2.05) is 0 Å². The topological polar surface area (TPSA) is 37.8 Å². The smallest absolute Gasteiger partial charge is 0.0829 e. The largest absolute Gasteiger partial charge is 0.309 e. The van der Waals surface area contributed by atoms with Crippen molar-refractivity contribution in [2.45, 2.75) is 39.2 Å². The summed E-state index contributed by atoms with van der Waals surface area (Å²) in [4.78, 5) is 1.19. The quantitative estimate of drug-likeness (QED) is 0.779. The van der Waals surface area contributed by atoms with Gasteiger partial charge in [0.25, 0.3) is 0 Å². The second-order valence-corrected chi connectivity index (χ2v) is 4.48. The number of nitrogens with zero attached hydrogens (tertiary/aromatic N) is 2. The first-order chi connectivity index (χ1) is 7.20. The molecule has 0 aliphatic carbocycles. The van der Waals surface area contributed by atoms with Crippen LogP contribution in [0.2, 0.25) is 0 Å². The van der Waals surface area contributed by atoms with Crippen molar-refractivity contribution >= 4 is 11.5 Å². The van der Waals surface area contributed by atoms with Crippen molar-refractivity contribution in [2.75, 3.05) is 6.54 Å². The summed E-state index contributed by atoms with van der Waals surface area (Å²) in [5.41, 5.74) is 1.07. The summed E-state index contributed by atoms with van der Waals surface area (Å²) in [7, 11) is 0. The van der Waals surface area contributed by atoms with Gasteiger partial charge in [-0.1, -0.05) is 25.3 Å². The highest BCUT2D eigenvalue weighted by molar-refractivity contribution is 7.05. The van der Waals surface area contributed by atoms with Crippen molar-refractivity contribution in [3.63, 3.8) is 0 Å². The van der Waals surface area contributed by atoms with Crippen LogP contribution in [0.25, 0.3) is 0 Å². The lowest BCUT2D eigenvalue weighted by Crippen LogP contribution is -2.20. The van der Waals surface area contributed by atoms with E-state index in [0.29, 0.717) is 12.3 Å². The van der Waals surface area contributed by atoms with E-state index in [1.165, 1.54) is 16.4 Å². The van der Waals surface area contributed by atoms with E-state index >= 15 is 0 Å². The Bertz CT molecular complexity index is 338. The molecule has 0 fully saturated rings. The lowest BCUT2D eigenvalue weighted by Gasteiger charge is -2.15. The van der Waals surface area contributed by atoms with Crippen LogP contribution in [0.3, 0.4) is 0 Å². The predicted octanol–water partition coefficient (Wildman–Crippen LogP) is 2.34. The van der Waals surface area contributed by atoms with E-state index in [1.54, 1.807) is 0 Å². The van der Waals surface area contributed by atoms with Crippen LogP contribution in [0.4, 0.5) is 0 Å². The maximum absolute atomic E-state index is 5.37. The molecule has 1 aromatic rings. The molecule has 0 saturated heterocycles. The van der Waals surface area contributed by atoms with Gasteiger partial charge in [0.15, 0.2) is 0 Å². The molecule has 15 heavy (non-hydrogen) atoms. The molecule has 1 aromatic heterocycles. The van der Waals surface area contributed by atoms with Crippen LogP contribution in [-0.2, 0) is 0 Å². The molecule has 0 amide bonds. The first-order valence-corrected chi connectivity index (χ1v) is 5.97. The van der Waals surface area contributed by atoms with Crippen molar-refractivity contribution < 1.29 is 0 Å². The maximum Gasteiger partial charge on any atom is 0.0829 e. The molecule has 1 unspecified atom stereocenters. The van der Waals surface area contributed by atoms with Gasteiger partial charge in [0.2, 0.25) is 0 Å². The molecule has 1 N–H and O–H groups in total. The fourth-order valence-corrected chi connectivity index (χ4v) is 2.35. The Morgan fingerprint density at radius 3 is 2.80 bits per heavy atom. The van der Waals surface area contributed by atoms with E-state index in [4.69, 9.17) is 6.42 Å². The van der Waals surface area contributed by atoms with Gasteiger partial charge in [-0.25, -0.2) is 0 Å². The molecule has 1 heterocycles. The van der Waals surface area contributed by atoms with E-state index in [0.717, 1.165) is 12.2 Å². The second-order valence-electron chi connectivity index (χ2n) is 3.70. The minimum absolute atomic E-state index is 0.206. The zero-order valence-corrected chi connectivity index (χ0v) is 10.3. The summed E-state index contributed by atoms with van der Waals surface area (Å²) in [6.45, 7) is 7.23. The lowest BCUT2D eigenvalue weighted by molar-refractivity contribution is 0.564. The van der Waals surface area contributed by atoms with Gasteiger partial charge in [0.05, 0.1) is 16.6 Å². The van der Waals surface area contributed by atoms with Gasteiger partial charge in [-0.3, -0.25) is 0 Å². The highest BCUT2D eigenvalue weighted by atomic mass is 32.1. The van der Waals surface area contributed by atoms with Crippen LogP contribution in [0.1, 0.15) is 49.7 Å². The van der Waals surface area contributed by atoms with E-state index in [9.17, 15) is 0 Å². The molecule has 1 rings (SSSR count). The standard InChI is InChI=1S/C11H17N3S/c1-5-7-9(12-6-2)11-10(8(3)4)13-14-15-11/h1,8-9,12H,6-7H2,2-4H3. The SMILES string of the molecule is C#CCC(NCC)c1snnc1C(C)C. The van der Waals surface area contributed by atoms with Crippen molar-refractivity contribution in [1.82, 2.24) is 14.9 Å². The minimum Gasteiger partial charge on any atom is -0.309 e. The van der Waals surface area contributed by atoms with Crippen LogP contribution >= 0.6 is 11.5 Å². The summed E-state index contributed by atoms with van der Waals surface area (Å²) in [5.74, 6) is 3.10. The number of aromatic nitrogens is 2.